The third-order valence-electron chi connectivity index (χ3n) is 5.33. The summed E-state index contributed by atoms with van der Waals surface area (Å²) in [7, 11) is 0. The fraction of sp³-hybridized carbons (Fsp3) is 0.227. The van der Waals surface area contributed by atoms with E-state index in [-0.39, 0.29) is 11.8 Å². The van der Waals surface area contributed by atoms with Crippen molar-refractivity contribution in [3.8, 4) is 0 Å². The number of rotatable bonds is 4. The van der Waals surface area contributed by atoms with Crippen LogP contribution in [-0.2, 0) is 10.5 Å². The van der Waals surface area contributed by atoms with E-state index in [0.717, 1.165) is 44.7 Å². The lowest BCUT2D eigenvalue weighted by Crippen LogP contribution is -2.31. The Balaban J connectivity index is 1.52. The third-order valence-corrected chi connectivity index (χ3v) is 7.08. The number of thioether (sulfide) groups is 1. The van der Waals surface area contributed by atoms with E-state index < -0.39 is 0 Å². The number of ketones is 1. The second-order valence-electron chi connectivity index (χ2n) is 7.29. The number of hydrogen-bond donors (Lipinski definition) is 1. The fourth-order valence-corrected chi connectivity index (χ4v) is 5.47. The zero-order valence-corrected chi connectivity index (χ0v) is 19.1. The number of halogens is 2. The van der Waals surface area contributed by atoms with E-state index in [1.807, 2.05) is 53.2 Å². The summed E-state index contributed by atoms with van der Waals surface area (Å²) in [5.41, 5.74) is 3.83. The Labute approximate surface area is 192 Å². The summed E-state index contributed by atoms with van der Waals surface area (Å²) >= 11 is 11.4. The molecule has 1 aliphatic carbocycles. The number of carbonyl (C=O) groups excluding carboxylic acids is 1. The van der Waals surface area contributed by atoms with Gasteiger partial charge in [-0.25, -0.2) is 4.68 Å². The SMILES string of the molecule is O=C1CCCC2=C1C(c1cccc(Br)c1)n1nc(SCc3ccccc3Cl)nc1N2. The molecular formula is C22H18BrClN4OS. The molecule has 5 nitrogen and oxygen atoms in total. The number of fused-ring (bicyclic) bond motifs is 1. The Morgan fingerprint density at radius 3 is 2.90 bits per heavy atom. The molecule has 1 unspecified atom stereocenters. The van der Waals surface area contributed by atoms with Gasteiger partial charge in [0.1, 0.15) is 6.04 Å². The van der Waals surface area contributed by atoms with E-state index in [1.54, 1.807) is 0 Å². The highest BCUT2D eigenvalue weighted by atomic mass is 79.9. The first-order chi connectivity index (χ1) is 14.6. The van der Waals surface area contributed by atoms with Gasteiger partial charge in [0, 0.05) is 32.9 Å². The lowest BCUT2D eigenvalue weighted by molar-refractivity contribution is -0.116. The normalized spacial score (nSPS) is 18.1. The molecule has 30 heavy (non-hydrogen) atoms. The Hall–Kier alpha value is -2.09. The largest absolute Gasteiger partial charge is 0.328 e. The lowest BCUT2D eigenvalue weighted by Gasteiger charge is -2.32. The molecule has 2 aliphatic rings. The van der Waals surface area contributed by atoms with Crippen LogP contribution in [0.4, 0.5) is 5.95 Å². The number of hydrogen-bond acceptors (Lipinski definition) is 5. The number of nitrogens with zero attached hydrogens (tertiary/aromatic N) is 3. The number of anilines is 1. The number of allylic oxidation sites excluding steroid dienone is 2. The molecule has 1 aromatic heterocycles. The van der Waals surface area contributed by atoms with E-state index in [4.69, 9.17) is 21.7 Å². The molecule has 2 heterocycles. The summed E-state index contributed by atoms with van der Waals surface area (Å²) in [4.78, 5) is 17.6. The second kappa shape index (κ2) is 8.21. The molecule has 0 radical (unpaired) electrons. The second-order valence-corrected chi connectivity index (χ2v) is 9.56. The van der Waals surface area contributed by atoms with Crippen molar-refractivity contribution in [1.82, 2.24) is 14.8 Å². The molecule has 0 spiro atoms. The third kappa shape index (κ3) is 3.70. The number of aromatic nitrogens is 3. The minimum absolute atomic E-state index is 0.181. The van der Waals surface area contributed by atoms with Crippen LogP contribution in [0.2, 0.25) is 5.02 Å². The number of benzene rings is 2. The standard InChI is InChI=1S/C22H18BrClN4OS/c23-15-7-3-6-13(11-15)20-19-17(9-4-10-18(19)29)25-21-26-22(27-28(20)21)30-12-14-5-1-2-8-16(14)24/h1-3,5-8,11,20H,4,9-10,12H2,(H,25,26,27). The van der Waals surface area contributed by atoms with Crippen molar-refractivity contribution in [2.45, 2.75) is 36.2 Å². The summed E-state index contributed by atoms with van der Waals surface area (Å²) in [6.45, 7) is 0. The van der Waals surface area contributed by atoms with Gasteiger partial charge in [0.05, 0.1) is 0 Å². The Morgan fingerprint density at radius 2 is 2.07 bits per heavy atom. The van der Waals surface area contributed by atoms with Crippen LogP contribution < -0.4 is 5.32 Å². The van der Waals surface area contributed by atoms with Gasteiger partial charge in [-0.3, -0.25) is 4.79 Å². The molecule has 2 aromatic carbocycles. The highest BCUT2D eigenvalue weighted by Gasteiger charge is 2.36. The maximum absolute atomic E-state index is 12.9. The molecule has 0 saturated carbocycles. The molecule has 1 atom stereocenters. The van der Waals surface area contributed by atoms with E-state index >= 15 is 0 Å². The van der Waals surface area contributed by atoms with Gasteiger partial charge < -0.3 is 5.32 Å². The summed E-state index contributed by atoms with van der Waals surface area (Å²) in [6, 6.07) is 15.6. The molecule has 1 aliphatic heterocycles. The monoisotopic (exact) mass is 500 g/mol. The zero-order chi connectivity index (χ0) is 20.7. The molecule has 1 N–H and O–H groups in total. The predicted octanol–water partition coefficient (Wildman–Crippen LogP) is 6.01. The molecule has 0 bridgehead atoms. The first-order valence-corrected chi connectivity index (χ1v) is 11.9. The van der Waals surface area contributed by atoms with Gasteiger partial charge in [0.2, 0.25) is 11.1 Å². The fourth-order valence-electron chi connectivity index (χ4n) is 3.94. The van der Waals surface area contributed by atoms with Crippen LogP contribution in [0.1, 0.15) is 36.4 Å². The molecular weight excluding hydrogens is 484 g/mol. The van der Waals surface area contributed by atoms with Crippen molar-refractivity contribution in [2.24, 2.45) is 0 Å². The first-order valence-electron chi connectivity index (χ1n) is 9.71. The number of Topliss-reactive ketones (excluding diaryl/α,β-unsaturated/α-hetero) is 1. The molecule has 152 valence electrons. The summed E-state index contributed by atoms with van der Waals surface area (Å²) in [6.07, 6.45) is 2.28. The van der Waals surface area contributed by atoms with E-state index in [2.05, 4.69) is 21.2 Å². The van der Waals surface area contributed by atoms with E-state index in [1.165, 1.54) is 11.8 Å². The Morgan fingerprint density at radius 1 is 1.20 bits per heavy atom. The molecule has 0 fully saturated rings. The molecule has 0 saturated heterocycles. The van der Waals surface area contributed by atoms with Crippen LogP contribution in [0.3, 0.4) is 0 Å². The van der Waals surface area contributed by atoms with Crippen LogP contribution >= 0.6 is 39.3 Å². The van der Waals surface area contributed by atoms with Crippen LogP contribution in [-0.4, -0.2) is 20.5 Å². The van der Waals surface area contributed by atoms with Gasteiger partial charge in [-0.2, -0.15) is 4.98 Å². The van der Waals surface area contributed by atoms with Gasteiger partial charge in [-0.15, -0.1) is 5.10 Å². The van der Waals surface area contributed by atoms with Gasteiger partial charge in [0.15, 0.2) is 5.78 Å². The van der Waals surface area contributed by atoms with E-state index in [0.29, 0.717) is 23.3 Å². The van der Waals surface area contributed by atoms with Crippen molar-refractivity contribution < 1.29 is 4.79 Å². The van der Waals surface area contributed by atoms with Crippen LogP contribution in [0.25, 0.3) is 0 Å². The minimum Gasteiger partial charge on any atom is -0.328 e. The van der Waals surface area contributed by atoms with Crippen LogP contribution in [0, 0.1) is 0 Å². The Bertz CT molecular complexity index is 1180. The quantitative estimate of drug-likeness (QED) is 0.444. The predicted molar refractivity (Wildman–Crippen MR) is 123 cm³/mol. The Kier molecular flexibility index (Phi) is 5.43. The molecule has 3 aromatic rings. The van der Waals surface area contributed by atoms with Gasteiger partial charge in [-0.05, 0) is 42.2 Å². The highest BCUT2D eigenvalue weighted by Crippen LogP contribution is 2.41. The van der Waals surface area contributed by atoms with Crippen molar-refractivity contribution in [3.05, 3.63) is 80.4 Å². The smallest absolute Gasteiger partial charge is 0.227 e. The number of carbonyl (C=O) groups is 1. The van der Waals surface area contributed by atoms with Crippen molar-refractivity contribution in [3.63, 3.8) is 0 Å². The molecule has 5 rings (SSSR count). The van der Waals surface area contributed by atoms with Gasteiger partial charge >= 0.3 is 0 Å². The average molecular weight is 502 g/mol. The maximum atomic E-state index is 12.9. The van der Waals surface area contributed by atoms with Crippen molar-refractivity contribution >= 4 is 51.0 Å². The lowest BCUT2D eigenvalue weighted by atomic mass is 9.85. The maximum Gasteiger partial charge on any atom is 0.227 e. The highest BCUT2D eigenvalue weighted by molar-refractivity contribution is 9.10. The summed E-state index contributed by atoms with van der Waals surface area (Å²) < 4.78 is 2.82. The van der Waals surface area contributed by atoms with Crippen LogP contribution in [0.15, 0.2) is 69.4 Å². The van der Waals surface area contributed by atoms with Gasteiger partial charge in [0.25, 0.3) is 0 Å². The first kappa shape index (κ1) is 19.8. The van der Waals surface area contributed by atoms with Crippen molar-refractivity contribution in [1.29, 1.82) is 0 Å². The molecule has 0 amide bonds. The van der Waals surface area contributed by atoms with E-state index in [9.17, 15) is 4.79 Å². The summed E-state index contributed by atoms with van der Waals surface area (Å²) in [5, 5.41) is 9.54. The van der Waals surface area contributed by atoms with Crippen molar-refractivity contribution in [2.75, 3.05) is 5.32 Å². The number of nitrogens with one attached hydrogen (secondary N) is 1. The minimum atomic E-state index is -0.274. The zero-order valence-electron chi connectivity index (χ0n) is 15.9. The van der Waals surface area contributed by atoms with Crippen LogP contribution in [0.5, 0.6) is 0 Å². The average Bonchev–Trinajstić information content (AvgIpc) is 3.14. The summed E-state index contributed by atoms with van der Waals surface area (Å²) in [5.74, 6) is 1.53. The topological polar surface area (TPSA) is 59.8 Å². The molecule has 8 heteroatoms. The van der Waals surface area contributed by atoms with Gasteiger partial charge in [-0.1, -0.05) is 69.6 Å².